The molecule has 2 aromatic rings. The van der Waals surface area contributed by atoms with Gasteiger partial charge < -0.3 is 9.73 Å². The summed E-state index contributed by atoms with van der Waals surface area (Å²) < 4.78 is 32.5. The largest absolute Gasteiger partial charge is 0.464 e. The number of sulfonamides is 1. The SMILES string of the molecule is Cc1oc(CNC2CC2)cc1S(=O)(=O)Nc1ncccn1. The van der Waals surface area contributed by atoms with Crippen LogP contribution in [-0.2, 0) is 16.6 Å². The van der Waals surface area contributed by atoms with E-state index in [0.29, 0.717) is 24.1 Å². The maximum absolute atomic E-state index is 12.3. The van der Waals surface area contributed by atoms with Gasteiger partial charge in [-0.15, -0.1) is 0 Å². The molecule has 1 saturated carbocycles. The van der Waals surface area contributed by atoms with Crippen molar-refractivity contribution in [3.8, 4) is 0 Å². The second kappa shape index (κ2) is 5.45. The Bertz CT molecular complexity index is 723. The molecule has 2 aromatic heterocycles. The highest BCUT2D eigenvalue weighted by atomic mass is 32.2. The Morgan fingerprint density at radius 1 is 1.33 bits per heavy atom. The summed E-state index contributed by atoms with van der Waals surface area (Å²) in [5, 5.41) is 3.28. The molecule has 1 fully saturated rings. The molecule has 0 radical (unpaired) electrons. The zero-order valence-electron chi connectivity index (χ0n) is 11.5. The molecule has 0 aliphatic heterocycles. The molecule has 2 heterocycles. The van der Waals surface area contributed by atoms with Crippen LogP contribution in [-0.4, -0.2) is 24.4 Å². The van der Waals surface area contributed by atoms with Gasteiger partial charge in [0.25, 0.3) is 10.0 Å². The number of hydrogen-bond donors (Lipinski definition) is 2. The van der Waals surface area contributed by atoms with E-state index in [1.54, 1.807) is 13.0 Å². The molecule has 7 nitrogen and oxygen atoms in total. The summed E-state index contributed by atoms with van der Waals surface area (Å²) in [7, 11) is -3.74. The van der Waals surface area contributed by atoms with Crippen molar-refractivity contribution < 1.29 is 12.8 Å². The quantitative estimate of drug-likeness (QED) is 0.838. The molecular formula is C13H16N4O3S. The van der Waals surface area contributed by atoms with E-state index in [1.807, 2.05) is 0 Å². The van der Waals surface area contributed by atoms with Crippen molar-refractivity contribution >= 4 is 16.0 Å². The summed E-state index contributed by atoms with van der Waals surface area (Å²) in [4.78, 5) is 7.81. The summed E-state index contributed by atoms with van der Waals surface area (Å²) in [6, 6.07) is 3.68. The second-order valence-corrected chi connectivity index (χ2v) is 6.62. The summed E-state index contributed by atoms with van der Waals surface area (Å²) in [6.45, 7) is 2.16. The summed E-state index contributed by atoms with van der Waals surface area (Å²) in [5.74, 6) is 0.996. The number of nitrogens with zero attached hydrogens (tertiary/aromatic N) is 2. The lowest BCUT2D eigenvalue weighted by Gasteiger charge is -2.04. The van der Waals surface area contributed by atoms with Crippen molar-refractivity contribution in [2.45, 2.75) is 37.2 Å². The van der Waals surface area contributed by atoms with Crippen LogP contribution in [0, 0.1) is 6.92 Å². The molecule has 0 unspecified atom stereocenters. The molecule has 3 rings (SSSR count). The van der Waals surface area contributed by atoms with Gasteiger partial charge in [0.2, 0.25) is 5.95 Å². The first-order valence-electron chi connectivity index (χ1n) is 6.67. The van der Waals surface area contributed by atoms with Gasteiger partial charge in [-0.2, -0.15) is 0 Å². The van der Waals surface area contributed by atoms with Crippen LogP contribution in [0.1, 0.15) is 24.4 Å². The number of rotatable bonds is 6. The van der Waals surface area contributed by atoms with Crippen LogP contribution in [0.2, 0.25) is 0 Å². The maximum atomic E-state index is 12.3. The van der Waals surface area contributed by atoms with Gasteiger partial charge in [0, 0.05) is 24.5 Å². The van der Waals surface area contributed by atoms with E-state index < -0.39 is 10.0 Å². The molecule has 0 spiro atoms. The van der Waals surface area contributed by atoms with E-state index in [9.17, 15) is 8.42 Å². The summed E-state index contributed by atoms with van der Waals surface area (Å²) >= 11 is 0. The highest BCUT2D eigenvalue weighted by Crippen LogP contribution is 2.23. The third-order valence-electron chi connectivity index (χ3n) is 3.15. The summed E-state index contributed by atoms with van der Waals surface area (Å²) in [6.07, 6.45) is 5.27. The number of nitrogens with one attached hydrogen (secondary N) is 2. The van der Waals surface area contributed by atoms with Crippen LogP contribution >= 0.6 is 0 Å². The number of hydrogen-bond acceptors (Lipinski definition) is 6. The Kier molecular flexibility index (Phi) is 3.64. The first-order chi connectivity index (χ1) is 10.0. The lowest BCUT2D eigenvalue weighted by molar-refractivity contribution is 0.456. The average molecular weight is 308 g/mol. The highest BCUT2D eigenvalue weighted by Gasteiger charge is 2.24. The van der Waals surface area contributed by atoms with Crippen molar-refractivity contribution in [3.63, 3.8) is 0 Å². The Hall–Kier alpha value is -1.93. The zero-order chi connectivity index (χ0) is 14.9. The van der Waals surface area contributed by atoms with Crippen molar-refractivity contribution in [2.24, 2.45) is 0 Å². The van der Waals surface area contributed by atoms with E-state index >= 15 is 0 Å². The van der Waals surface area contributed by atoms with Gasteiger partial charge in [-0.3, -0.25) is 0 Å². The van der Waals surface area contributed by atoms with Crippen LogP contribution in [0.4, 0.5) is 5.95 Å². The van der Waals surface area contributed by atoms with Crippen LogP contribution < -0.4 is 10.0 Å². The Balaban J connectivity index is 1.77. The van der Waals surface area contributed by atoms with Crippen LogP contribution in [0.15, 0.2) is 33.8 Å². The molecule has 8 heteroatoms. The smallest absolute Gasteiger partial charge is 0.267 e. The normalized spacial score (nSPS) is 15.1. The topological polar surface area (TPSA) is 97.1 Å². The number of aryl methyl sites for hydroxylation is 1. The zero-order valence-corrected chi connectivity index (χ0v) is 12.4. The molecular weight excluding hydrogens is 292 g/mol. The summed E-state index contributed by atoms with van der Waals surface area (Å²) in [5.41, 5.74) is 0. The number of furan rings is 1. The minimum Gasteiger partial charge on any atom is -0.464 e. The monoisotopic (exact) mass is 308 g/mol. The van der Waals surface area contributed by atoms with E-state index in [4.69, 9.17) is 4.42 Å². The standard InChI is InChI=1S/C13H16N4O3S/c1-9-12(7-11(20-9)8-16-10-3-4-10)21(18,19)17-13-14-5-2-6-15-13/h2,5-7,10,16H,3-4,8H2,1H3,(H,14,15,17). The molecule has 0 amide bonds. The van der Waals surface area contributed by atoms with Crippen molar-refractivity contribution in [3.05, 3.63) is 36.0 Å². The second-order valence-electron chi connectivity index (χ2n) is 4.97. The van der Waals surface area contributed by atoms with Gasteiger partial charge in [-0.1, -0.05) is 0 Å². The van der Waals surface area contributed by atoms with E-state index in [1.165, 1.54) is 18.5 Å². The van der Waals surface area contributed by atoms with E-state index in [2.05, 4.69) is 20.0 Å². The molecule has 21 heavy (non-hydrogen) atoms. The molecule has 1 aliphatic carbocycles. The fraction of sp³-hybridized carbons (Fsp3) is 0.385. The fourth-order valence-electron chi connectivity index (χ4n) is 1.94. The van der Waals surface area contributed by atoms with Gasteiger partial charge in [0.1, 0.15) is 16.4 Å². The Morgan fingerprint density at radius 3 is 2.71 bits per heavy atom. The van der Waals surface area contributed by atoms with Crippen molar-refractivity contribution in [1.29, 1.82) is 0 Å². The van der Waals surface area contributed by atoms with Crippen molar-refractivity contribution in [2.75, 3.05) is 4.72 Å². The predicted octanol–water partition coefficient (Wildman–Crippen LogP) is 1.43. The van der Waals surface area contributed by atoms with Gasteiger partial charge in [0.15, 0.2) is 0 Å². The third-order valence-corrected chi connectivity index (χ3v) is 4.58. The van der Waals surface area contributed by atoms with Crippen molar-refractivity contribution in [1.82, 2.24) is 15.3 Å². The van der Waals surface area contributed by atoms with Gasteiger partial charge in [-0.05, 0) is 25.8 Å². The molecule has 0 bridgehead atoms. The number of anilines is 1. The number of aromatic nitrogens is 2. The maximum Gasteiger partial charge on any atom is 0.267 e. The van der Waals surface area contributed by atoms with Gasteiger partial charge >= 0.3 is 0 Å². The molecule has 1 aliphatic rings. The predicted molar refractivity (Wildman–Crippen MR) is 76.1 cm³/mol. The van der Waals surface area contributed by atoms with E-state index in [-0.39, 0.29) is 10.8 Å². The highest BCUT2D eigenvalue weighted by molar-refractivity contribution is 7.92. The minimum absolute atomic E-state index is 0.0377. The molecule has 0 saturated heterocycles. The van der Waals surface area contributed by atoms with E-state index in [0.717, 1.165) is 12.8 Å². The molecule has 0 atom stereocenters. The first-order valence-corrected chi connectivity index (χ1v) is 8.15. The lowest BCUT2D eigenvalue weighted by atomic mass is 10.4. The van der Waals surface area contributed by atoms with Gasteiger partial charge in [-0.25, -0.2) is 23.1 Å². The lowest BCUT2D eigenvalue weighted by Crippen LogP contribution is -2.15. The van der Waals surface area contributed by atoms with Gasteiger partial charge in [0.05, 0.1) is 6.54 Å². The average Bonchev–Trinajstić information content (AvgIpc) is 3.19. The molecule has 2 N–H and O–H groups in total. The molecule has 112 valence electrons. The fourth-order valence-corrected chi connectivity index (χ4v) is 3.10. The molecule has 0 aromatic carbocycles. The van der Waals surface area contributed by atoms with Crippen LogP contribution in [0.3, 0.4) is 0 Å². The minimum atomic E-state index is -3.74. The third kappa shape index (κ3) is 3.40. The first kappa shape index (κ1) is 14.0. The Morgan fingerprint density at radius 2 is 2.05 bits per heavy atom. The van der Waals surface area contributed by atoms with Crippen LogP contribution in [0.25, 0.3) is 0 Å². The Labute approximate surface area is 122 Å². The van der Waals surface area contributed by atoms with Crippen LogP contribution in [0.5, 0.6) is 0 Å².